The summed E-state index contributed by atoms with van der Waals surface area (Å²) in [6.45, 7) is 2.32. The second-order valence-corrected chi connectivity index (χ2v) is 8.06. The standard InChI is InChI=1S/C25H26FNO3/c1-2-3-14-27-22(19-10-6-7-11-20(19)26)21(24(29)25(27)30)23(28)18-13-12-16-8-4-5-9-17(16)15-18/h6-7,10-13,15,22,28H,2-5,8-9,14H2,1H3/b23-21+. The third-order valence-electron chi connectivity index (χ3n) is 6.11. The van der Waals surface area contributed by atoms with E-state index < -0.39 is 23.5 Å². The number of benzene rings is 2. The van der Waals surface area contributed by atoms with Gasteiger partial charge in [-0.25, -0.2) is 4.39 Å². The number of carbonyl (C=O) groups excluding carboxylic acids is 2. The summed E-state index contributed by atoms with van der Waals surface area (Å²) in [5.74, 6) is -2.16. The molecule has 1 fully saturated rings. The van der Waals surface area contributed by atoms with Crippen LogP contribution >= 0.6 is 0 Å². The highest BCUT2D eigenvalue weighted by Crippen LogP contribution is 2.40. The number of hydrogen-bond acceptors (Lipinski definition) is 3. The number of amides is 1. The van der Waals surface area contributed by atoms with E-state index in [0.717, 1.165) is 37.7 Å². The minimum atomic E-state index is -0.922. The summed E-state index contributed by atoms with van der Waals surface area (Å²) in [4.78, 5) is 27.1. The van der Waals surface area contributed by atoms with Gasteiger partial charge in [0.25, 0.3) is 11.7 Å². The van der Waals surface area contributed by atoms with E-state index in [1.807, 2.05) is 19.1 Å². The van der Waals surface area contributed by atoms with Crippen molar-refractivity contribution >= 4 is 17.4 Å². The third-order valence-corrected chi connectivity index (χ3v) is 6.11. The van der Waals surface area contributed by atoms with Gasteiger partial charge in [0.15, 0.2) is 0 Å². The summed E-state index contributed by atoms with van der Waals surface area (Å²) in [7, 11) is 0. The summed E-state index contributed by atoms with van der Waals surface area (Å²) in [5.41, 5.74) is 3.12. The molecule has 0 bridgehead atoms. The maximum Gasteiger partial charge on any atom is 0.295 e. The smallest absolute Gasteiger partial charge is 0.295 e. The second kappa shape index (κ2) is 8.42. The average molecular weight is 407 g/mol. The molecule has 0 aromatic heterocycles. The zero-order chi connectivity index (χ0) is 21.3. The molecule has 1 saturated heterocycles. The Bertz CT molecular complexity index is 1030. The van der Waals surface area contributed by atoms with Gasteiger partial charge in [-0.15, -0.1) is 0 Å². The van der Waals surface area contributed by atoms with Crippen LogP contribution in [0, 0.1) is 5.82 Å². The van der Waals surface area contributed by atoms with Gasteiger partial charge in [-0.05, 0) is 55.4 Å². The van der Waals surface area contributed by atoms with Crippen molar-refractivity contribution in [3.63, 3.8) is 0 Å². The maximum atomic E-state index is 14.7. The number of aryl methyl sites for hydroxylation is 2. The van der Waals surface area contributed by atoms with Crippen LogP contribution in [-0.4, -0.2) is 28.2 Å². The lowest BCUT2D eigenvalue weighted by molar-refractivity contribution is -0.139. The molecular weight excluding hydrogens is 381 g/mol. The van der Waals surface area contributed by atoms with Gasteiger partial charge in [0.2, 0.25) is 0 Å². The molecule has 2 aromatic rings. The van der Waals surface area contributed by atoms with E-state index in [1.165, 1.54) is 16.5 Å². The van der Waals surface area contributed by atoms with Crippen LogP contribution in [0.3, 0.4) is 0 Å². The molecule has 1 amide bonds. The average Bonchev–Trinajstić information content (AvgIpc) is 3.01. The van der Waals surface area contributed by atoms with Crippen molar-refractivity contribution < 1.29 is 19.1 Å². The first-order valence-electron chi connectivity index (χ1n) is 10.7. The van der Waals surface area contributed by atoms with Gasteiger partial charge in [-0.2, -0.15) is 0 Å². The van der Waals surface area contributed by atoms with E-state index >= 15 is 0 Å². The van der Waals surface area contributed by atoms with Gasteiger partial charge in [0.1, 0.15) is 11.6 Å². The van der Waals surface area contributed by atoms with E-state index in [4.69, 9.17) is 0 Å². The Balaban J connectivity index is 1.85. The maximum absolute atomic E-state index is 14.7. The molecule has 1 aliphatic heterocycles. The molecule has 5 heteroatoms. The van der Waals surface area contributed by atoms with Crippen molar-refractivity contribution in [1.82, 2.24) is 4.90 Å². The number of likely N-dealkylation sites (tertiary alicyclic amines) is 1. The summed E-state index contributed by atoms with van der Waals surface area (Å²) in [6, 6.07) is 10.9. The Labute approximate surface area is 176 Å². The first-order chi connectivity index (χ1) is 14.5. The van der Waals surface area contributed by atoms with Gasteiger partial charge >= 0.3 is 0 Å². The van der Waals surface area contributed by atoms with Crippen LogP contribution in [0.5, 0.6) is 0 Å². The van der Waals surface area contributed by atoms with Crippen LogP contribution in [0.4, 0.5) is 4.39 Å². The number of unbranched alkanes of at least 4 members (excludes halogenated alkanes) is 1. The fraction of sp³-hybridized carbons (Fsp3) is 0.360. The number of hydrogen-bond donors (Lipinski definition) is 1. The molecule has 4 nitrogen and oxygen atoms in total. The Morgan fingerprint density at radius 3 is 2.57 bits per heavy atom. The number of Topliss-reactive ketones (excluding diaryl/α,β-unsaturated/α-hetero) is 1. The molecule has 0 spiro atoms. The highest BCUT2D eigenvalue weighted by Gasteiger charge is 2.46. The topological polar surface area (TPSA) is 57.6 Å². The molecule has 1 N–H and O–H groups in total. The minimum Gasteiger partial charge on any atom is -0.507 e. The third kappa shape index (κ3) is 3.53. The van der Waals surface area contributed by atoms with Gasteiger partial charge in [0, 0.05) is 17.7 Å². The minimum absolute atomic E-state index is 0.0306. The van der Waals surface area contributed by atoms with E-state index in [9.17, 15) is 19.1 Å². The monoisotopic (exact) mass is 407 g/mol. The van der Waals surface area contributed by atoms with Crippen molar-refractivity contribution in [2.75, 3.05) is 6.54 Å². The first kappa shape index (κ1) is 20.3. The van der Waals surface area contributed by atoms with Crippen LogP contribution in [0.25, 0.3) is 5.76 Å². The number of fused-ring (bicyclic) bond motifs is 1. The molecule has 1 atom stereocenters. The second-order valence-electron chi connectivity index (χ2n) is 8.06. The van der Waals surface area contributed by atoms with Crippen molar-refractivity contribution in [1.29, 1.82) is 0 Å². The van der Waals surface area contributed by atoms with Crippen molar-refractivity contribution in [3.8, 4) is 0 Å². The number of rotatable bonds is 5. The molecule has 156 valence electrons. The van der Waals surface area contributed by atoms with Crippen LogP contribution in [0.1, 0.15) is 60.9 Å². The molecule has 0 saturated carbocycles. The Hall–Kier alpha value is -2.95. The molecular formula is C25H26FNO3. The quantitative estimate of drug-likeness (QED) is 0.435. The lowest BCUT2D eigenvalue weighted by atomic mass is 9.88. The van der Waals surface area contributed by atoms with Gasteiger partial charge in [-0.3, -0.25) is 9.59 Å². The lowest BCUT2D eigenvalue weighted by Crippen LogP contribution is -2.31. The normalized spacial score (nSPS) is 20.5. The number of halogens is 1. The Kier molecular flexibility index (Phi) is 5.71. The highest BCUT2D eigenvalue weighted by atomic mass is 19.1. The predicted octanol–water partition coefficient (Wildman–Crippen LogP) is 4.93. The zero-order valence-electron chi connectivity index (χ0n) is 17.2. The lowest BCUT2D eigenvalue weighted by Gasteiger charge is -2.25. The molecule has 1 aliphatic carbocycles. The number of aliphatic hydroxyl groups excluding tert-OH is 1. The largest absolute Gasteiger partial charge is 0.507 e. The molecule has 0 radical (unpaired) electrons. The van der Waals surface area contributed by atoms with Crippen molar-refractivity contribution in [2.45, 2.75) is 51.5 Å². The van der Waals surface area contributed by atoms with E-state index in [2.05, 4.69) is 0 Å². The van der Waals surface area contributed by atoms with Crippen LogP contribution in [0.15, 0.2) is 48.0 Å². The SMILES string of the molecule is CCCCN1C(=O)C(=O)/C(=C(/O)c2ccc3c(c2)CCCC3)C1c1ccccc1F. The number of nitrogens with zero attached hydrogens (tertiary/aromatic N) is 1. The van der Waals surface area contributed by atoms with Gasteiger partial charge in [-0.1, -0.05) is 43.7 Å². The van der Waals surface area contributed by atoms with E-state index in [0.29, 0.717) is 18.5 Å². The summed E-state index contributed by atoms with van der Waals surface area (Å²) in [6.07, 6.45) is 5.70. The number of aliphatic hydroxyl groups is 1. The fourth-order valence-electron chi connectivity index (χ4n) is 4.50. The van der Waals surface area contributed by atoms with Crippen molar-refractivity contribution in [3.05, 3.63) is 76.1 Å². The molecule has 2 aliphatic rings. The highest BCUT2D eigenvalue weighted by molar-refractivity contribution is 6.46. The fourth-order valence-corrected chi connectivity index (χ4v) is 4.50. The Morgan fingerprint density at radius 2 is 1.83 bits per heavy atom. The van der Waals surface area contributed by atoms with Gasteiger partial charge < -0.3 is 10.0 Å². The number of carbonyl (C=O) groups is 2. The Morgan fingerprint density at radius 1 is 1.10 bits per heavy atom. The summed E-state index contributed by atoms with van der Waals surface area (Å²) in [5, 5.41) is 11.1. The predicted molar refractivity (Wildman–Crippen MR) is 113 cm³/mol. The van der Waals surface area contributed by atoms with Crippen molar-refractivity contribution in [2.24, 2.45) is 0 Å². The van der Waals surface area contributed by atoms with Gasteiger partial charge in [0.05, 0.1) is 11.6 Å². The molecule has 30 heavy (non-hydrogen) atoms. The summed E-state index contributed by atoms with van der Waals surface area (Å²) < 4.78 is 14.7. The van der Waals surface area contributed by atoms with Crippen LogP contribution in [-0.2, 0) is 22.4 Å². The first-order valence-corrected chi connectivity index (χ1v) is 10.7. The van der Waals surface area contributed by atoms with E-state index in [1.54, 1.807) is 24.3 Å². The molecule has 4 rings (SSSR count). The zero-order valence-corrected chi connectivity index (χ0v) is 17.2. The van der Waals surface area contributed by atoms with Crippen LogP contribution in [0.2, 0.25) is 0 Å². The van der Waals surface area contributed by atoms with Crippen LogP contribution < -0.4 is 0 Å². The van der Waals surface area contributed by atoms with E-state index in [-0.39, 0.29) is 16.9 Å². The molecule has 1 heterocycles. The molecule has 1 unspecified atom stereocenters. The molecule has 2 aromatic carbocycles. The number of ketones is 1. The summed E-state index contributed by atoms with van der Waals surface area (Å²) >= 11 is 0.